The fourth-order valence-electron chi connectivity index (χ4n) is 1.32. The number of hydrogen-bond donors (Lipinski definition) is 2. The van der Waals surface area contributed by atoms with Gasteiger partial charge in [0.2, 0.25) is 0 Å². The molecule has 0 rings (SSSR count). The molecule has 0 bridgehead atoms. The molecule has 3 unspecified atom stereocenters. The van der Waals surface area contributed by atoms with E-state index in [1.165, 1.54) is 6.42 Å². The zero-order valence-electron chi connectivity index (χ0n) is 9.71. The van der Waals surface area contributed by atoms with Crippen LogP contribution in [-0.4, -0.2) is 23.7 Å². The zero-order valence-corrected chi connectivity index (χ0v) is 9.71. The van der Waals surface area contributed by atoms with E-state index in [1.807, 2.05) is 0 Å². The lowest BCUT2D eigenvalue weighted by atomic mass is 10.00. The maximum absolute atomic E-state index is 10.6. The molecule has 0 radical (unpaired) electrons. The lowest BCUT2D eigenvalue weighted by Crippen LogP contribution is -2.34. The van der Waals surface area contributed by atoms with Crippen molar-refractivity contribution in [2.45, 2.75) is 46.6 Å². The minimum atomic E-state index is -0.728. The molecule has 0 fully saturated rings. The summed E-state index contributed by atoms with van der Waals surface area (Å²) in [5.74, 6) is -0.319. The largest absolute Gasteiger partial charge is 0.481 e. The van der Waals surface area contributed by atoms with Crippen LogP contribution in [0.4, 0.5) is 0 Å². The molecule has 0 aliphatic heterocycles. The summed E-state index contributed by atoms with van der Waals surface area (Å²) in [5.41, 5.74) is 0. The average molecular weight is 201 g/mol. The van der Waals surface area contributed by atoms with Crippen molar-refractivity contribution < 1.29 is 9.90 Å². The Hall–Kier alpha value is -0.570. The average Bonchev–Trinajstić information content (AvgIpc) is 2.13. The molecule has 3 atom stereocenters. The maximum Gasteiger partial charge on any atom is 0.307 e. The summed E-state index contributed by atoms with van der Waals surface area (Å²) in [6.45, 7) is 8.80. The van der Waals surface area contributed by atoms with Crippen molar-refractivity contribution in [1.82, 2.24) is 5.32 Å². The molecule has 0 aromatic rings. The Balaban J connectivity index is 3.63. The summed E-state index contributed by atoms with van der Waals surface area (Å²) < 4.78 is 0. The van der Waals surface area contributed by atoms with E-state index in [0.717, 1.165) is 6.42 Å². The van der Waals surface area contributed by atoms with E-state index < -0.39 is 5.97 Å². The fraction of sp³-hybridized carbons (Fsp3) is 0.909. The smallest absolute Gasteiger partial charge is 0.307 e. The Morgan fingerprint density at radius 2 is 1.93 bits per heavy atom. The van der Waals surface area contributed by atoms with E-state index in [4.69, 9.17) is 5.11 Å². The second-order valence-electron chi connectivity index (χ2n) is 4.30. The van der Waals surface area contributed by atoms with Crippen molar-refractivity contribution in [3.63, 3.8) is 0 Å². The van der Waals surface area contributed by atoms with Gasteiger partial charge in [-0.3, -0.25) is 4.79 Å². The van der Waals surface area contributed by atoms with Gasteiger partial charge >= 0.3 is 5.97 Å². The first kappa shape index (κ1) is 13.4. The molecule has 84 valence electrons. The zero-order chi connectivity index (χ0) is 11.1. The SMILES string of the molecule is CCC(C)CC(C)NCC(C)C(=O)O. The molecular formula is C11H23NO2. The van der Waals surface area contributed by atoms with Gasteiger partial charge in [0.1, 0.15) is 0 Å². The van der Waals surface area contributed by atoms with Crippen molar-refractivity contribution in [2.24, 2.45) is 11.8 Å². The molecule has 0 saturated heterocycles. The van der Waals surface area contributed by atoms with E-state index in [9.17, 15) is 4.79 Å². The topological polar surface area (TPSA) is 49.3 Å². The minimum Gasteiger partial charge on any atom is -0.481 e. The Labute approximate surface area is 86.9 Å². The molecule has 0 aromatic heterocycles. The third-order valence-electron chi connectivity index (χ3n) is 2.65. The first-order valence-corrected chi connectivity index (χ1v) is 5.43. The summed E-state index contributed by atoms with van der Waals surface area (Å²) >= 11 is 0. The van der Waals surface area contributed by atoms with Crippen LogP contribution in [0.3, 0.4) is 0 Å². The quantitative estimate of drug-likeness (QED) is 0.663. The van der Waals surface area contributed by atoms with Gasteiger partial charge in [0.25, 0.3) is 0 Å². The van der Waals surface area contributed by atoms with Crippen molar-refractivity contribution in [2.75, 3.05) is 6.54 Å². The van der Waals surface area contributed by atoms with Gasteiger partial charge in [-0.1, -0.05) is 27.2 Å². The van der Waals surface area contributed by atoms with Crippen LogP contribution in [0.25, 0.3) is 0 Å². The molecule has 3 heteroatoms. The van der Waals surface area contributed by atoms with Crippen LogP contribution in [0.5, 0.6) is 0 Å². The van der Waals surface area contributed by atoms with Gasteiger partial charge < -0.3 is 10.4 Å². The summed E-state index contributed by atoms with van der Waals surface area (Å²) in [6.07, 6.45) is 2.29. The first-order valence-electron chi connectivity index (χ1n) is 5.43. The molecule has 0 aromatic carbocycles. The second-order valence-corrected chi connectivity index (χ2v) is 4.30. The molecule has 0 aliphatic rings. The molecule has 2 N–H and O–H groups in total. The molecule has 3 nitrogen and oxygen atoms in total. The van der Waals surface area contributed by atoms with Crippen molar-refractivity contribution >= 4 is 5.97 Å². The standard InChI is InChI=1S/C11H23NO2/c1-5-8(2)6-10(4)12-7-9(3)11(13)14/h8-10,12H,5-7H2,1-4H3,(H,13,14). The van der Waals surface area contributed by atoms with Crippen LogP contribution < -0.4 is 5.32 Å². The molecule has 0 heterocycles. The highest BCUT2D eigenvalue weighted by Crippen LogP contribution is 2.09. The number of carboxylic acid groups (broad SMARTS) is 1. The number of aliphatic carboxylic acids is 1. The molecule has 0 amide bonds. The van der Waals surface area contributed by atoms with E-state index in [2.05, 4.69) is 26.1 Å². The lowest BCUT2D eigenvalue weighted by molar-refractivity contribution is -0.140. The Morgan fingerprint density at radius 1 is 1.36 bits per heavy atom. The highest BCUT2D eigenvalue weighted by atomic mass is 16.4. The molecule has 14 heavy (non-hydrogen) atoms. The Morgan fingerprint density at radius 3 is 2.36 bits per heavy atom. The van der Waals surface area contributed by atoms with Gasteiger partial charge in [0.05, 0.1) is 5.92 Å². The molecule has 0 saturated carbocycles. The monoisotopic (exact) mass is 201 g/mol. The fourth-order valence-corrected chi connectivity index (χ4v) is 1.32. The predicted octanol–water partition coefficient (Wildman–Crippen LogP) is 2.12. The minimum absolute atomic E-state index is 0.297. The third-order valence-corrected chi connectivity index (χ3v) is 2.65. The van der Waals surface area contributed by atoms with Gasteiger partial charge in [-0.25, -0.2) is 0 Å². The van der Waals surface area contributed by atoms with Gasteiger partial charge in [-0.2, -0.15) is 0 Å². The number of carboxylic acids is 1. The van der Waals surface area contributed by atoms with Crippen molar-refractivity contribution in [3.8, 4) is 0 Å². The summed E-state index contributed by atoms with van der Waals surface area (Å²) in [6, 6.07) is 0.409. The number of carbonyl (C=O) groups is 1. The van der Waals surface area contributed by atoms with Crippen molar-refractivity contribution in [3.05, 3.63) is 0 Å². The van der Waals surface area contributed by atoms with Crippen LogP contribution in [0, 0.1) is 11.8 Å². The third kappa shape index (κ3) is 5.97. The lowest BCUT2D eigenvalue weighted by Gasteiger charge is -2.18. The Kier molecular flexibility index (Phi) is 6.54. The molecular weight excluding hydrogens is 178 g/mol. The van der Waals surface area contributed by atoms with Crippen LogP contribution >= 0.6 is 0 Å². The second kappa shape index (κ2) is 6.82. The van der Waals surface area contributed by atoms with Crippen LogP contribution in [0.2, 0.25) is 0 Å². The molecule has 0 aliphatic carbocycles. The number of nitrogens with one attached hydrogen (secondary N) is 1. The normalized spacial score (nSPS) is 17.4. The van der Waals surface area contributed by atoms with Gasteiger partial charge in [0.15, 0.2) is 0 Å². The summed E-state index contributed by atoms with van der Waals surface area (Å²) in [7, 11) is 0. The van der Waals surface area contributed by atoms with Crippen LogP contribution in [-0.2, 0) is 4.79 Å². The highest BCUT2D eigenvalue weighted by Gasteiger charge is 2.12. The van der Waals surface area contributed by atoms with E-state index in [-0.39, 0.29) is 5.92 Å². The van der Waals surface area contributed by atoms with E-state index in [0.29, 0.717) is 18.5 Å². The number of rotatable bonds is 7. The van der Waals surface area contributed by atoms with Gasteiger partial charge in [0, 0.05) is 12.6 Å². The Bertz CT molecular complexity index is 171. The predicted molar refractivity (Wildman–Crippen MR) is 58.3 cm³/mol. The summed E-state index contributed by atoms with van der Waals surface area (Å²) in [5, 5.41) is 11.9. The first-order chi connectivity index (χ1) is 6.47. The van der Waals surface area contributed by atoms with E-state index >= 15 is 0 Å². The summed E-state index contributed by atoms with van der Waals surface area (Å²) in [4.78, 5) is 10.6. The highest BCUT2D eigenvalue weighted by molar-refractivity contribution is 5.69. The van der Waals surface area contributed by atoms with Gasteiger partial charge in [-0.05, 0) is 19.3 Å². The molecule has 0 spiro atoms. The van der Waals surface area contributed by atoms with Crippen molar-refractivity contribution in [1.29, 1.82) is 0 Å². The maximum atomic E-state index is 10.6. The number of hydrogen-bond acceptors (Lipinski definition) is 2. The van der Waals surface area contributed by atoms with Gasteiger partial charge in [-0.15, -0.1) is 0 Å². The van der Waals surface area contributed by atoms with E-state index in [1.54, 1.807) is 6.92 Å². The van der Waals surface area contributed by atoms with Crippen LogP contribution in [0.1, 0.15) is 40.5 Å². The van der Waals surface area contributed by atoms with Crippen LogP contribution in [0.15, 0.2) is 0 Å².